The summed E-state index contributed by atoms with van der Waals surface area (Å²) < 4.78 is 0. The second-order valence-corrected chi connectivity index (χ2v) is 5.76. The smallest absolute Gasteiger partial charge is 0.237 e. The average molecular weight is 311 g/mol. The van der Waals surface area contributed by atoms with Crippen LogP contribution < -0.4 is 16.8 Å². The van der Waals surface area contributed by atoms with Gasteiger partial charge in [-0.05, 0) is 43.0 Å². The normalized spacial score (nSPS) is 13.3. The molecule has 0 heterocycles. The third-order valence-corrected chi connectivity index (χ3v) is 3.93. The number of hydrogen-bond acceptors (Lipinski definition) is 3. The van der Waals surface area contributed by atoms with Crippen LogP contribution in [0.1, 0.15) is 31.4 Å². The van der Waals surface area contributed by atoms with Crippen molar-refractivity contribution in [3.8, 4) is 11.1 Å². The predicted octanol–water partition coefficient (Wildman–Crippen LogP) is 2.60. The van der Waals surface area contributed by atoms with Crippen LogP contribution >= 0.6 is 0 Å². The Hall–Kier alpha value is -2.17. The molecule has 1 amide bonds. The van der Waals surface area contributed by atoms with Gasteiger partial charge in [-0.3, -0.25) is 4.79 Å². The van der Waals surface area contributed by atoms with Gasteiger partial charge in [0.25, 0.3) is 0 Å². The molecule has 0 saturated heterocycles. The molecule has 0 aliphatic rings. The van der Waals surface area contributed by atoms with Gasteiger partial charge < -0.3 is 16.8 Å². The van der Waals surface area contributed by atoms with Crippen LogP contribution in [0.15, 0.2) is 54.6 Å². The van der Waals surface area contributed by atoms with Crippen LogP contribution in [-0.2, 0) is 4.79 Å². The van der Waals surface area contributed by atoms with E-state index in [1.54, 1.807) is 0 Å². The maximum absolute atomic E-state index is 12.0. The van der Waals surface area contributed by atoms with E-state index in [1.165, 1.54) is 5.56 Å². The Morgan fingerprint density at radius 3 is 2.26 bits per heavy atom. The van der Waals surface area contributed by atoms with Crippen LogP contribution in [0.3, 0.4) is 0 Å². The molecule has 2 rings (SSSR count). The molecule has 23 heavy (non-hydrogen) atoms. The summed E-state index contributed by atoms with van der Waals surface area (Å²) in [7, 11) is 0. The van der Waals surface area contributed by atoms with Crippen LogP contribution in [0.25, 0.3) is 11.1 Å². The van der Waals surface area contributed by atoms with E-state index in [9.17, 15) is 4.79 Å². The molecular formula is C19H25N3O. The van der Waals surface area contributed by atoms with E-state index in [0.29, 0.717) is 13.0 Å². The average Bonchev–Trinajstić information content (AvgIpc) is 2.60. The molecule has 122 valence electrons. The van der Waals surface area contributed by atoms with Gasteiger partial charge in [-0.25, -0.2) is 0 Å². The Morgan fingerprint density at radius 2 is 1.65 bits per heavy atom. The molecule has 4 nitrogen and oxygen atoms in total. The molecule has 1 unspecified atom stereocenters. The van der Waals surface area contributed by atoms with E-state index in [2.05, 4.69) is 29.6 Å². The van der Waals surface area contributed by atoms with E-state index >= 15 is 0 Å². The minimum Gasteiger partial charge on any atom is -0.348 e. The van der Waals surface area contributed by atoms with Crippen LogP contribution in [0.4, 0.5) is 0 Å². The van der Waals surface area contributed by atoms with Crippen molar-refractivity contribution in [3.63, 3.8) is 0 Å². The molecule has 0 spiro atoms. The van der Waals surface area contributed by atoms with E-state index in [1.807, 2.05) is 37.3 Å². The molecule has 0 aromatic heterocycles. The molecule has 2 aromatic carbocycles. The van der Waals surface area contributed by atoms with Crippen LogP contribution in [0.2, 0.25) is 0 Å². The lowest BCUT2D eigenvalue weighted by Crippen LogP contribution is -2.41. The van der Waals surface area contributed by atoms with Crippen LogP contribution in [0.5, 0.6) is 0 Å². The quantitative estimate of drug-likeness (QED) is 0.735. The molecule has 0 radical (unpaired) electrons. The van der Waals surface area contributed by atoms with Crippen molar-refractivity contribution in [2.24, 2.45) is 11.5 Å². The highest BCUT2D eigenvalue weighted by Crippen LogP contribution is 2.21. The second-order valence-electron chi connectivity index (χ2n) is 5.76. The standard InChI is InChI=1S/C19H25N3O/c1-14(22-19(23)18(21)8-5-13-20)15-9-11-17(12-10-15)16-6-3-2-4-7-16/h2-4,6-7,9-12,14,18H,5,8,13,20-21H2,1H3,(H,22,23)/t14?,18-/m0/s1. The molecule has 4 heteroatoms. The van der Waals surface area contributed by atoms with Crippen molar-refractivity contribution < 1.29 is 4.79 Å². The summed E-state index contributed by atoms with van der Waals surface area (Å²) in [5.74, 6) is -0.127. The van der Waals surface area contributed by atoms with Gasteiger partial charge in [-0.15, -0.1) is 0 Å². The number of nitrogens with one attached hydrogen (secondary N) is 1. The summed E-state index contributed by atoms with van der Waals surface area (Å²) in [5, 5.41) is 2.96. The summed E-state index contributed by atoms with van der Waals surface area (Å²) in [5.41, 5.74) is 14.7. The number of benzene rings is 2. The fourth-order valence-corrected chi connectivity index (χ4v) is 2.47. The first-order valence-electron chi connectivity index (χ1n) is 8.03. The maximum Gasteiger partial charge on any atom is 0.237 e. The zero-order valence-electron chi connectivity index (χ0n) is 13.5. The molecule has 0 fully saturated rings. The highest BCUT2D eigenvalue weighted by Gasteiger charge is 2.16. The summed E-state index contributed by atoms with van der Waals surface area (Å²) in [6, 6.07) is 17.9. The first-order chi connectivity index (χ1) is 11.1. The van der Waals surface area contributed by atoms with Gasteiger partial charge in [0.15, 0.2) is 0 Å². The van der Waals surface area contributed by atoms with Crippen molar-refractivity contribution in [1.82, 2.24) is 5.32 Å². The lowest BCUT2D eigenvalue weighted by Gasteiger charge is -2.18. The Kier molecular flexibility index (Phi) is 6.32. The van der Waals surface area contributed by atoms with E-state index in [4.69, 9.17) is 11.5 Å². The van der Waals surface area contributed by atoms with Crippen molar-refractivity contribution in [1.29, 1.82) is 0 Å². The Bertz CT molecular complexity index is 610. The topological polar surface area (TPSA) is 81.1 Å². The van der Waals surface area contributed by atoms with Crippen molar-refractivity contribution in [2.75, 3.05) is 6.54 Å². The zero-order valence-corrected chi connectivity index (χ0v) is 13.5. The van der Waals surface area contributed by atoms with Crippen LogP contribution in [-0.4, -0.2) is 18.5 Å². The first kappa shape index (κ1) is 17.2. The van der Waals surface area contributed by atoms with Crippen LogP contribution in [0, 0.1) is 0 Å². The maximum atomic E-state index is 12.0. The van der Waals surface area contributed by atoms with Gasteiger partial charge in [0.05, 0.1) is 12.1 Å². The fourth-order valence-electron chi connectivity index (χ4n) is 2.47. The second kappa shape index (κ2) is 8.46. The van der Waals surface area contributed by atoms with Crippen molar-refractivity contribution >= 4 is 5.91 Å². The Morgan fingerprint density at radius 1 is 1.04 bits per heavy atom. The van der Waals surface area contributed by atoms with Gasteiger partial charge in [0.2, 0.25) is 5.91 Å². The SMILES string of the molecule is CC(NC(=O)[C@@H](N)CCCN)c1ccc(-c2ccccc2)cc1. The predicted molar refractivity (Wildman–Crippen MR) is 94.7 cm³/mol. The highest BCUT2D eigenvalue weighted by atomic mass is 16.2. The summed E-state index contributed by atoms with van der Waals surface area (Å²) in [4.78, 5) is 12.0. The summed E-state index contributed by atoms with van der Waals surface area (Å²) in [6.07, 6.45) is 1.37. The molecule has 5 N–H and O–H groups in total. The third kappa shape index (κ3) is 4.91. The van der Waals surface area contributed by atoms with Gasteiger partial charge in [0, 0.05) is 0 Å². The number of nitrogens with two attached hydrogens (primary N) is 2. The fraction of sp³-hybridized carbons (Fsp3) is 0.316. The van der Waals surface area contributed by atoms with Crippen molar-refractivity contribution in [2.45, 2.75) is 31.8 Å². The molecule has 2 atom stereocenters. The minimum atomic E-state index is -0.496. The zero-order chi connectivity index (χ0) is 16.7. The molecular weight excluding hydrogens is 286 g/mol. The molecule has 0 saturated carbocycles. The van der Waals surface area contributed by atoms with Gasteiger partial charge in [-0.2, -0.15) is 0 Å². The molecule has 0 aliphatic carbocycles. The summed E-state index contributed by atoms with van der Waals surface area (Å²) in [6.45, 7) is 2.52. The van der Waals surface area contributed by atoms with Gasteiger partial charge in [-0.1, -0.05) is 54.6 Å². The third-order valence-electron chi connectivity index (χ3n) is 3.93. The first-order valence-corrected chi connectivity index (χ1v) is 8.03. The van der Waals surface area contributed by atoms with E-state index in [-0.39, 0.29) is 11.9 Å². The molecule has 0 aliphatic heterocycles. The number of hydrogen-bond donors (Lipinski definition) is 3. The number of rotatable bonds is 7. The van der Waals surface area contributed by atoms with Gasteiger partial charge in [0.1, 0.15) is 0 Å². The lowest BCUT2D eigenvalue weighted by molar-refractivity contribution is -0.123. The van der Waals surface area contributed by atoms with Crippen molar-refractivity contribution in [3.05, 3.63) is 60.2 Å². The van der Waals surface area contributed by atoms with E-state index in [0.717, 1.165) is 17.5 Å². The monoisotopic (exact) mass is 311 g/mol. The Balaban J connectivity index is 1.97. The van der Waals surface area contributed by atoms with Gasteiger partial charge >= 0.3 is 0 Å². The molecule has 0 bridgehead atoms. The largest absolute Gasteiger partial charge is 0.348 e. The molecule has 2 aromatic rings. The Labute approximate surface area is 137 Å². The number of amides is 1. The lowest BCUT2D eigenvalue weighted by atomic mass is 10.0. The number of carbonyl (C=O) groups is 1. The number of carbonyl (C=O) groups excluding carboxylic acids is 1. The highest BCUT2D eigenvalue weighted by molar-refractivity contribution is 5.81. The van der Waals surface area contributed by atoms with E-state index < -0.39 is 6.04 Å². The summed E-state index contributed by atoms with van der Waals surface area (Å²) >= 11 is 0. The minimum absolute atomic E-state index is 0.0729.